The van der Waals surface area contributed by atoms with Crippen LogP contribution in [0.2, 0.25) is 8.87 Å². The Labute approximate surface area is 191 Å². The zero-order chi connectivity index (χ0) is 22.0. The van der Waals surface area contributed by atoms with E-state index in [2.05, 4.69) is 30.7 Å². The molecule has 0 spiro atoms. The Bertz CT molecular complexity index is 405. The maximum atomic E-state index is 10.2. The van der Waals surface area contributed by atoms with Crippen LogP contribution < -0.4 is 0 Å². The first-order chi connectivity index (χ1) is 14.1. The molecule has 1 rings (SSSR count). The number of carboxylic acids is 1. The number of unbranched alkanes of at least 4 members (excludes halogenated alkanes) is 10. The zero-order valence-electron chi connectivity index (χ0n) is 19.8. The normalized spacial score (nSPS) is 9.93. The summed E-state index contributed by atoms with van der Waals surface area (Å²) in [5, 5.41) is 8.41. The van der Waals surface area contributed by atoms with Gasteiger partial charge in [-0.15, -0.1) is 0 Å². The molecule has 0 bridgehead atoms. The molecule has 1 aromatic rings. The predicted octanol–water partition coefficient (Wildman–Crippen LogP) is 7.84. The molecule has 1 aromatic heterocycles. The van der Waals surface area contributed by atoms with Crippen molar-refractivity contribution in [3.05, 3.63) is 18.2 Å². The second-order valence-corrected chi connectivity index (χ2v) is 11.9. The average molecular weight is 515 g/mol. The van der Waals surface area contributed by atoms with Crippen LogP contribution in [0.1, 0.15) is 116 Å². The first kappa shape index (κ1) is 30.7. The molecule has 0 unspecified atom stereocenters. The van der Waals surface area contributed by atoms with Gasteiger partial charge in [-0.1, -0.05) is 58.3 Å². The van der Waals surface area contributed by atoms with Gasteiger partial charge in [0.2, 0.25) is 0 Å². The van der Waals surface area contributed by atoms with Crippen LogP contribution in [-0.2, 0) is 4.79 Å². The molecule has 0 aliphatic heterocycles. The van der Waals surface area contributed by atoms with E-state index < -0.39 is 5.97 Å². The number of aliphatic carboxylic acids is 1. The fourth-order valence-electron chi connectivity index (χ4n) is 2.66. The van der Waals surface area contributed by atoms with E-state index in [0.717, 1.165) is 18.7 Å². The number of hydrogen-bond acceptors (Lipinski definition) is 2. The molecular weight excluding hydrogens is 467 g/mol. The summed E-state index contributed by atoms with van der Waals surface area (Å²) in [7, 11) is 0. The third-order valence-corrected chi connectivity index (χ3v) is 8.58. The summed E-state index contributed by atoms with van der Waals surface area (Å²) in [5.74, 6) is 0.308. The molecule has 0 aliphatic carbocycles. The summed E-state index contributed by atoms with van der Waals surface area (Å²) in [6, 6.07) is 0. The van der Waals surface area contributed by atoms with Gasteiger partial charge >= 0.3 is 75.5 Å². The van der Waals surface area contributed by atoms with Crippen molar-refractivity contribution in [1.29, 1.82) is 0 Å². The van der Waals surface area contributed by atoms with Crippen molar-refractivity contribution in [3.63, 3.8) is 0 Å². The van der Waals surface area contributed by atoms with E-state index in [1.165, 1.54) is 70.6 Å². The second-order valence-electron chi connectivity index (χ2n) is 7.60. The van der Waals surface area contributed by atoms with Crippen molar-refractivity contribution in [3.8, 4) is 0 Å². The molecule has 0 amide bonds. The summed E-state index contributed by atoms with van der Waals surface area (Å²) in [6.07, 6.45) is 20.8. The minimum Gasteiger partial charge on any atom is -0.349 e. The number of aromatic amines is 1. The van der Waals surface area contributed by atoms with Gasteiger partial charge in [-0.25, -0.2) is 4.98 Å². The number of aromatic nitrogens is 2. The van der Waals surface area contributed by atoms with Crippen LogP contribution >= 0.6 is 0 Å². The Hall–Kier alpha value is -0.521. The molecule has 29 heavy (non-hydrogen) atoms. The molecule has 0 saturated heterocycles. The molecular formula is C24H48N2O2Sn. The Morgan fingerprint density at radius 1 is 0.862 bits per heavy atom. The van der Waals surface area contributed by atoms with Gasteiger partial charge in [-0.05, 0) is 13.3 Å². The van der Waals surface area contributed by atoms with Gasteiger partial charge in [0, 0.05) is 18.8 Å². The number of H-pyrrole nitrogens is 1. The Morgan fingerprint density at radius 3 is 1.69 bits per heavy atom. The summed E-state index contributed by atoms with van der Waals surface area (Å²) in [6.45, 7) is 8.73. The molecule has 0 aromatic carbocycles. The maximum Gasteiger partial charge on any atom is 0.102 e. The SMILES string of the molecule is CCCCCCCCCCCC(=O)O.CCC[CH2][Sn][CH2]CCC.Cc1ncc[nH]1. The van der Waals surface area contributed by atoms with E-state index in [4.69, 9.17) is 5.11 Å². The molecule has 0 atom stereocenters. The topological polar surface area (TPSA) is 66.0 Å². The zero-order valence-corrected chi connectivity index (χ0v) is 22.6. The van der Waals surface area contributed by atoms with Crippen LogP contribution in [0.15, 0.2) is 12.4 Å². The molecule has 4 nitrogen and oxygen atoms in total. The van der Waals surface area contributed by atoms with Crippen LogP contribution in [-0.4, -0.2) is 42.2 Å². The number of hydrogen-bond donors (Lipinski definition) is 2. The van der Waals surface area contributed by atoms with E-state index in [-0.39, 0.29) is 21.1 Å². The quantitative estimate of drug-likeness (QED) is 0.174. The number of rotatable bonds is 16. The van der Waals surface area contributed by atoms with Gasteiger partial charge in [0.15, 0.2) is 0 Å². The third-order valence-electron chi connectivity index (χ3n) is 4.54. The number of aryl methyl sites for hydroxylation is 1. The average Bonchev–Trinajstić information content (AvgIpc) is 3.18. The van der Waals surface area contributed by atoms with Crippen molar-refractivity contribution in [2.24, 2.45) is 0 Å². The molecule has 0 aliphatic rings. The van der Waals surface area contributed by atoms with Crippen LogP contribution in [0.5, 0.6) is 0 Å². The monoisotopic (exact) mass is 516 g/mol. The number of nitrogens with one attached hydrogen (secondary N) is 1. The van der Waals surface area contributed by atoms with Crippen molar-refractivity contribution < 1.29 is 9.90 Å². The summed E-state index contributed by atoms with van der Waals surface area (Å²) < 4.78 is 3.25. The molecule has 1 heterocycles. The molecule has 170 valence electrons. The van der Waals surface area contributed by atoms with Gasteiger partial charge in [0.05, 0.1) is 0 Å². The van der Waals surface area contributed by atoms with Crippen molar-refractivity contribution in [2.75, 3.05) is 0 Å². The van der Waals surface area contributed by atoms with Gasteiger partial charge in [0.1, 0.15) is 5.82 Å². The van der Waals surface area contributed by atoms with Gasteiger partial charge in [-0.2, -0.15) is 0 Å². The van der Waals surface area contributed by atoms with E-state index in [9.17, 15) is 4.79 Å². The number of imidazole rings is 1. The number of nitrogens with zero attached hydrogens (tertiary/aromatic N) is 1. The summed E-state index contributed by atoms with van der Waals surface area (Å²) in [4.78, 5) is 17.0. The first-order valence-corrected chi connectivity index (χ1v) is 16.0. The van der Waals surface area contributed by atoms with Gasteiger partial charge in [0.25, 0.3) is 0 Å². The fourth-order valence-corrected chi connectivity index (χ4v) is 6.82. The van der Waals surface area contributed by atoms with Crippen LogP contribution in [0.4, 0.5) is 0 Å². The van der Waals surface area contributed by atoms with Crippen LogP contribution in [0.25, 0.3) is 0 Å². The predicted molar refractivity (Wildman–Crippen MR) is 128 cm³/mol. The third kappa shape index (κ3) is 32.4. The van der Waals surface area contributed by atoms with Gasteiger partial charge < -0.3 is 10.1 Å². The molecule has 0 saturated carbocycles. The Balaban J connectivity index is 0. The molecule has 5 heteroatoms. The molecule has 2 radical (unpaired) electrons. The van der Waals surface area contributed by atoms with E-state index in [1.54, 1.807) is 21.3 Å². The first-order valence-electron chi connectivity index (χ1n) is 12.0. The largest absolute Gasteiger partial charge is 0.349 e. The number of carboxylic acid groups (broad SMARTS) is 1. The van der Waals surface area contributed by atoms with Crippen LogP contribution in [0, 0.1) is 6.92 Å². The van der Waals surface area contributed by atoms with Crippen molar-refractivity contribution in [1.82, 2.24) is 9.97 Å². The van der Waals surface area contributed by atoms with E-state index in [0.29, 0.717) is 6.42 Å². The maximum absolute atomic E-state index is 10.2. The van der Waals surface area contributed by atoms with E-state index >= 15 is 0 Å². The fraction of sp³-hybridized carbons (Fsp3) is 0.833. The standard InChI is InChI=1S/C12H24O2.C4H6N2.2C4H9.Sn/c1-2-3-4-5-6-7-8-9-10-11-12(13)14;1-4-5-2-3-6-4;2*1-3-4-2;/h2-11H2,1H3,(H,13,14);2-3H,1H3,(H,5,6);2*1,3-4H2,2H3;. The summed E-state index contributed by atoms with van der Waals surface area (Å²) in [5.41, 5.74) is 0. The Kier molecular flexibility index (Phi) is 29.1. The van der Waals surface area contributed by atoms with Crippen molar-refractivity contribution in [2.45, 2.75) is 126 Å². The molecule has 0 fully saturated rings. The minimum absolute atomic E-state index is 0.149. The van der Waals surface area contributed by atoms with Gasteiger partial charge in [-0.3, -0.25) is 4.79 Å². The van der Waals surface area contributed by atoms with Crippen LogP contribution in [0.3, 0.4) is 0 Å². The van der Waals surface area contributed by atoms with E-state index in [1.807, 2.05) is 6.92 Å². The smallest absolute Gasteiger partial charge is 0.102 e. The second kappa shape index (κ2) is 27.5. The number of carbonyl (C=O) groups is 1. The van der Waals surface area contributed by atoms with Crippen molar-refractivity contribution >= 4 is 27.1 Å². The summed E-state index contributed by atoms with van der Waals surface area (Å²) >= 11 is 0.149. The molecule has 2 N–H and O–H groups in total. The minimum atomic E-state index is -0.659. The Morgan fingerprint density at radius 2 is 1.34 bits per heavy atom.